The molecule has 1 aliphatic heterocycles. The number of fused-ring (bicyclic) bond motifs is 1. The first-order valence-corrected chi connectivity index (χ1v) is 6.36. The van der Waals surface area contributed by atoms with E-state index in [4.69, 9.17) is 5.11 Å². The van der Waals surface area contributed by atoms with Crippen molar-refractivity contribution in [3.63, 3.8) is 0 Å². The summed E-state index contributed by atoms with van der Waals surface area (Å²) in [4.78, 5) is 27.9. The average Bonchev–Trinajstić information content (AvgIpc) is 3.01. The molecule has 6 nitrogen and oxygen atoms in total. The van der Waals surface area contributed by atoms with Crippen molar-refractivity contribution >= 4 is 22.8 Å². The van der Waals surface area contributed by atoms with Crippen LogP contribution >= 0.6 is 0 Å². The number of aliphatic hydroxyl groups excluding tert-OH is 1. The number of aliphatic carboxylic acids is 1. The molecule has 1 aliphatic rings. The van der Waals surface area contributed by atoms with Crippen molar-refractivity contribution in [3.8, 4) is 0 Å². The number of hydrogen-bond acceptors (Lipinski definition) is 3. The first kappa shape index (κ1) is 12.7. The Labute approximate surface area is 114 Å². The summed E-state index contributed by atoms with van der Waals surface area (Å²) < 4.78 is 0. The summed E-state index contributed by atoms with van der Waals surface area (Å²) in [6.07, 6.45) is 0.866. The number of nitrogens with one attached hydrogen (secondary N) is 1. The number of H-pyrrole nitrogens is 1. The molecule has 1 amide bonds. The van der Waals surface area contributed by atoms with Crippen LogP contribution in [0.4, 0.5) is 0 Å². The van der Waals surface area contributed by atoms with E-state index in [0.29, 0.717) is 5.56 Å². The van der Waals surface area contributed by atoms with Crippen molar-refractivity contribution in [2.24, 2.45) is 0 Å². The minimum atomic E-state index is -1.09. The van der Waals surface area contributed by atoms with Crippen LogP contribution in [0.25, 0.3) is 10.9 Å². The zero-order valence-electron chi connectivity index (χ0n) is 10.6. The Morgan fingerprint density at radius 3 is 2.80 bits per heavy atom. The lowest BCUT2D eigenvalue weighted by Gasteiger charge is -2.20. The number of aromatic amines is 1. The molecule has 6 heteroatoms. The fraction of sp³-hybridized carbons (Fsp3) is 0.286. The molecule has 2 aromatic rings. The number of aromatic nitrogens is 1. The molecule has 2 atom stereocenters. The Morgan fingerprint density at radius 1 is 1.30 bits per heavy atom. The monoisotopic (exact) mass is 274 g/mol. The second kappa shape index (κ2) is 4.64. The van der Waals surface area contributed by atoms with Gasteiger partial charge in [0.2, 0.25) is 0 Å². The number of carbonyl (C=O) groups is 2. The van der Waals surface area contributed by atoms with Crippen molar-refractivity contribution in [2.75, 3.05) is 6.54 Å². The van der Waals surface area contributed by atoms with Crippen LogP contribution in [0.1, 0.15) is 16.8 Å². The largest absolute Gasteiger partial charge is 0.480 e. The lowest BCUT2D eigenvalue weighted by molar-refractivity contribution is -0.141. The maximum Gasteiger partial charge on any atom is 0.326 e. The molecule has 2 heterocycles. The Morgan fingerprint density at radius 2 is 2.05 bits per heavy atom. The Hall–Kier alpha value is -2.34. The van der Waals surface area contributed by atoms with Crippen molar-refractivity contribution in [3.05, 3.63) is 36.0 Å². The van der Waals surface area contributed by atoms with Gasteiger partial charge in [-0.25, -0.2) is 4.79 Å². The van der Waals surface area contributed by atoms with Gasteiger partial charge in [0, 0.05) is 30.1 Å². The van der Waals surface area contributed by atoms with Gasteiger partial charge in [0.05, 0.1) is 11.7 Å². The molecule has 0 radical (unpaired) electrons. The molecule has 0 aliphatic carbocycles. The van der Waals surface area contributed by atoms with E-state index in [-0.39, 0.29) is 18.9 Å². The third-order valence-corrected chi connectivity index (χ3v) is 3.64. The summed E-state index contributed by atoms with van der Waals surface area (Å²) in [6, 6.07) is 6.36. The Bertz CT molecular complexity index is 679. The summed E-state index contributed by atoms with van der Waals surface area (Å²) in [5.74, 6) is -1.46. The Balaban J connectivity index is 1.98. The van der Waals surface area contributed by atoms with E-state index in [1.165, 1.54) is 4.90 Å². The predicted octanol–water partition coefficient (Wildman–Crippen LogP) is 0.828. The first-order valence-electron chi connectivity index (χ1n) is 6.36. The van der Waals surface area contributed by atoms with Crippen LogP contribution in [0, 0.1) is 0 Å². The number of likely N-dealkylation sites (tertiary alicyclic amines) is 1. The lowest BCUT2D eigenvalue weighted by atomic mass is 10.1. The normalized spacial score (nSPS) is 22.4. The molecule has 0 bridgehead atoms. The van der Waals surface area contributed by atoms with E-state index in [2.05, 4.69) is 4.98 Å². The number of benzene rings is 1. The summed E-state index contributed by atoms with van der Waals surface area (Å²) in [7, 11) is 0. The number of rotatable bonds is 2. The number of para-hydroxylation sites is 1. The van der Waals surface area contributed by atoms with E-state index in [9.17, 15) is 14.7 Å². The third kappa shape index (κ3) is 1.94. The van der Waals surface area contributed by atoms with E-state index < -0.39 is 18.1 Å². The molecule has 1 aromatic carbocycles. The molecular weight excluding hydrogens is 260 g/mol. The molecule has 1 aromatic heterocycles. The second-order valence-electron chi connectivity index (χ2n) is 4.95. The molecular formula is C14H14N2O4. The van der Waals surface area contributed by atoms with Gasteiger partial charge in [0.1, 0.15) is 6.04 Å². The molecule has 0 spiro atoms. The minimum Gasteiger partial charge on any atom is -0.480 e. The standard InChI is InChI=1S/C14H14N2O4/c17-8-5-12(14(19)20)16(7-8)13(18)10-6-15-11-4-2-1-3-9(10)11/h1-4,6,8,12,15,17H,5,7H2,(H,19,20). The first-order chi connectivity index (χ1) is 9.58. The molecule has 2 unspecified atom stereocenters. The number of carboxylic acids is 1. The zero-order chi connectivity index (χ0) is 14.3. The van der Waals surface area contributed by atoms with Crippen molar-refractivity contribution in [2.45, 2.75) is 18.6 Å². The third-order valence-electron chi connectivity index (χ3n) is 3.64. The molecule has 0 saturated carbocycles. The van der Waals surface area contributed by atoms with Crippen LogP contribution in [0.2, 0.25) is 0 Å². The quantitative estimate of drug-likeness (QED) is 0.756. The van der Waals surface area contributed by atoms with Crippen LogP contribution in [-0.4, -0.2) is 50.7 Å². The van der Waals surface area contributed by atoms with E-state index >= 15 is 0 Å². The van der Waals surface area contributed by atoms with Crippen molar-refractivity contribution in [1.82, 2.24) is 9.88 Å². The smallest absolute Gasteiger partial charge is 0.326 e. The highest BCUT2D eigenvalue weighted by atomic mass is 16.4. The minimum absolute atomic E-state index is 0.0509. The van der Waals surface area contributed by atoms with Gasteiger partial charge >= 0.3 is 5.97 Å². The fourth-order valence-corrected chi connectivity index (χ4v) is 2.68. The van der Waals surface area contributed by atoms with Gasteiger partial charge in [-0.15, -0.1) is 0 Å². The summed E-state index contributed by atoms with van der Waals surface area (Å²) in [5, 5.41) is 19.5. The zero-order valence-corrected chi connectivity index (χ0v) is 10.6. The van der Waals surface area contributed by atoms with Crippen LogP contribution in [0.3, 0.4) is 0 Å². The van der Waals surface area contributed by atoms with Gasteiger partial charge in [-0.2, -0.15) is 0 Å². The number of hydrogen-bond donors (Lipinski definition) is 3. The van der Waals surface area contributed by atoms with Crippen LogP contribution in [0.5, 0.6) is 0 Å². The van der Waals surface area contributed by atoms with Gasteiger partial charge in [-0.1, -0.05) is 18.2 Å². The number of β-amino-alcohol motifs (C(OH)–C–C–N with tert-alkyl or cyclic N) is 1. The Kier molecular flexibility index (Phi) is 2.94. The number of aliphatic hydroxyl groups is 1. The number of carbonyl (C=O) groups excluding carboxylic acids is 1. The molecule has 104 valence electrons. The van der Waals surface area contributed by atoms with Crippen molar-refractivity contribution < 1.29 is 19.8 Å². The number of amides is 1. The number of carboxylic acid groups (broad SMARTS) is 1. The van der Waals surface area contributed by atoms with Gasteiger partial charge < -0.3 is 20.1 Å². The number of nitrogens with zero attached hydrogens (tertiary/aromatic N) is 1. The van der Waals surface area contributed by atoms with Crippen LogP contribution in [-0.2, 0) is 4.79 Å². The molecule has 20 heavy (non-hydrogen) atoms. The maximum absolute atomic E-state index is 12.5. The highest BCUT2D eigenvalue weighted by Crippen LogP contribution is 2.25. The van der Waals surface area contributed by atoms with Crippen molar-refractivity contribution in [1.29, 1.82) is 0 Å². The highest BCUT2D eigenvalue weighted by molar-refractivity contribution is 6.07. The predicted molar refractivity (Wildman–Crippen MR) is 71.4 cm³/mol. The van der Waals surface area contributed by atoms with Gasteiger partial charge in [0.25, 0.3) is 5.91 Å². The molecule has 3 rings (SSSR count). The maximum atomic E-state index is 12.5. The van der Waals surface area contributed by atoms with E-state index in [0.717, 1.165) is 10.9 Å². The van der Waals surface area contributed by atoms with Crippen LogP contribution in [0.15, 0.2) is 30.5 Å². The molecule has 1 fully saturated rings. The average molecular weight is 274 g/mol. The van der Waals surface area contributed by atoms with Gasteiger partial charge in [-0.05, 0) is 6.07 Å². The summed E-state index contributed by atoms with van der Waals surface area (Å²) in [6.45, 7) is 0.0509. The topological polar surface area (TPSA) is 93.6 Å². The van der Waals surface area contributed by atoms with Crippen LogP contribution < -0.4 is 0 Å². The van der Waals surface area contributed by atoms with Gasteiger partial charge in [-0.3, -0.25) is 4.79 Å². The molecule has 3 N–H and O–H groups in total. The summed E-state index contributed by atoms with van der Waals surface area (Å²) in [5.41, 5.74) is 1.25. The SMILES string of the molecule is O=C(O)C1CC(O)CN1C(=O)c1c[nH]c2ccccc12. The van der Waals surface area contributed by atoms with Gasteiger partial charge in [0.15, 0.2) is 0 Å². The van der Waals surface area contributed by atoms with E-state index in [1.807, 2.05) is 18.2 Å². The lowest BCUT2D eigenvalue weighted by Crippen LogP contribution is -2.40. The second-order valence-corrected chi connectivity index (χ2v) is 4.95. The molecule has 1 saturated heterocycles. The fourth-order valence-electron chi connectivity index (χ4n) is 2.68. The van der Waals surface area contributed by atoms with E-state index in [1.54, 1.807) is 12.3 Å². The highest BCUT2D eigenvalue weighted by Gasteiger charge is 2.39. The summed E-state index contributed by atoms with van der Waals surface area (Å²) >= 11 is 0.